The number of amides is 1. The first-order valence-electron chi connectivity index (χ1n) is 8.49. The summed E-state index contributed by atoms with van der Waals surface area (Å²) in [5.41, 5.74) is 2.35. The van der Waals surface area contributed by atoms with E-state index in [2.05, 4.69) is 0 Å². The quantitative estimate of drug-likeness (QED) is 0.871. The Labute approximate surface area is 157 Å². The molecule has 1 atom stereocenters. The molecule has 0 saturated heterocycles. The minimum absolute atomic E-state index is 0.115. The zero-order valence-electron chi connectivity index (χ0n) is 14.4. The number of benzene rings is 2. The van der Waals surface area contributed by atoms with Gasteiger partial charge in [-0.1, -0.05) is 48.0 Å². The summed E-state index contributed by atoms with van der Waals surface area (Å²) in [6, 6.07) is 12.7. The summed E-state index contributed by atoms with van der Waals surface area (Å²) in [5, 5.41) is 10.0. The molecule has 0 bridgehead atoms. The Morgan fingerprint density at radius 2 is 2.00 bits per heavy atom. The normalized spacial score (nSPS) is 16.1. The van der Waals surface area contributed by atoms with Crippen molar-refractivity contribution in [2.45, 2.75) is 25.8 Å². The molecule has 1 heterocycles. The second kappa shape index (κ2) is 7.79. The maximum absolute atomic E-state index is 12.8. The molecule has 0 aliphatic carbocycles. The second-order valence-electron chi connectivity index (χ2n) is 6.20. The van der Waals surface area contributed by atoms with Crippen LogP contribution < -0.4 is 4.74 Å². The number of hydrogen-bond acceptors (Lipinski definition) is 3. The van der Waals surface area contributed by atoms with Gasteiger partial charge in [0, 0.05) is 18.7 Å². The maximum Gasteiger partial charge on any atom is 0.312 e. The van der Waals surface area contributed by atoms with Gasteiger partial charge in [0.05, 0.1) is 24.0 Å². The molecule has 0 radical (unpaired) electrons. The first kappa shape index (κ1) is 18.3. The number of halogens is 1. The first-order chi connectivity index (χ1) is 12.5. The number of nitrogens with zero attached hydrogens (tertiary/aromatic N) is 1. The highest BCUT2D eigenvalue weighted by Crippen LogP contribution is 2.32. The summed E-state index contributed by atoms with van der Waals surface area (Å²) >= 11 is 6.18. The molecule has 1 N–H and O–H groups in total. The number of rotatable bonds is 5. The molecule has 0 spiro atoms. The average molecular weight is 374 g/mol. The van der Waals surface area contributed by atoms with E-state index in [0.717, 1.165) is 11.1 Å². The van der Waals surface area contributed by atoms with Gasteiger partial charge in [-0.2, -0.15) is 0 Å². The van der Waals surface area contributed by atoms with Crippen LogP contribution in [0.5, 0.6) is 5.75 Å². The van der Waals surface area contributed by atoms with Crippen LogP contribution in [0.15, 0.2) is 42.5 Å². The summed E-state index contributed by atoms with van der Waals surface area (Å²) in [6.45, 7) is 2.87. The summed E-state index contributed by atoms with van der Waals surface area (Å²) < 4.78 is 5.57. The molecule has 26 heavy (non-hydrogen) atoms. The number of carbonyl (C=O) groups is 2. The van der Waals surface area contributed by atoms with Gasteiger partial charge in [-0.05, 0) is 24.1 Å². The zero-order valence-corrected chi connectivity index (χ0v) is 15.2. The van der Waals surface area contributed by atoms with Crippen molar-refractivity contribution in [1.82, 2.24) is 4.90 Å². The molecule has 6 heteroatoms. The molecular formula is C20H20ClNO4. The van der Waals surface area contributed by atoms with Crippen LogP contribution in [0.3, 0.4) is 0 Å². The van der Waals surface area contributed by atoms with Crippen LogP contribution in [0.25, 0.3) is 0 Å². The van der Waals surface area contributed by atoms with E-state index in [9.17, 15) is 14.7 Å². The lowest BCUT2D eigenvalue weighted by Gasteiger charge is -2.33. The molecule has 2 aromatic carbocycles. The lowest BCUT2D eigenvalue weighted by Crippen LogP contribution is -2.41. The Morgan fingerprint density at radius 1 is 1.23 bits per heavy atom. The predicted molar refractivity (Wildman–Crippen MR) is 98.6 cm³/mol. The number of hydrogen-bond donors (Lipinski definition) is 1. The van der Waals surface area contributed by atoms with Crippen molar-refractivity contribution in [3.8, 4) is 5.75 Å². The number of carbonyl (C=O) groups excluding carboxylic acids is 1. The maximum atomic E-state index is 12.8. The van der Waals surface area contributed by atoms with Crippen molar-refractivity contribution in [2.24, 2.45) is 0 Å². The van der Waals surface area contributed by atoms with E-state index in [1.807, 2.05) is 31.2 Å². The van der Waals surface area contributed by atoms with Crippen molar-refractivity contribution < 1.29 is 19.4 Å². The summed E-state index contributed by atoms with van der Waals surface area (Å²) in [4.78, 5) is 26.1. The van der Waals surface area contributed by atoms with Crippen LogP contribution >= 0.6 is 11.6 Å². The number of para-hydroxylation sites is 1. The third-order valence-corrected chi connectivity index (χ3v) is 4.82. The van der Waals surface area contributed by atoms with Crippen LogP contribution in [-0.4, -0.2) is 35.0 Å². The molecule has 2 aromatic rings. The molecule has 1 unspecified atom stereocenters. The third kappa shape index (κ3) is 3.68. The molecule has 0 fully saturated rings. The summed E-state index contributed by atoms with van der Waals surface area (Å²) in [7, 11) is 0. The van der Waals surface area contributed by atoms with Crippen LogP contribution in [-0.2, 0) is 22.6 Å². The Kier molecular flexibility index (Phi) is 5.47. The van der Waals surface area contributed by atoms with Gasteiger partial charge < -0.3 is 14.7 Å². The molecule has 0 saturated carbocycles. The van der Waals surface area contributed by atoms with Gasteiger partial charge in [0.1, 0.15) is 5.75 Å². The summed E-state index contributed by atoms with van der Waals surface area (Å²) in [6.07, 6.45) is 0.115. The minimum Gasteiger partial charge on any atom is -0.492 e. The largest absolute Gasteiger partial charge is 0.492 e. The number of aliphatic carboxylic acids is 1. The number of carboxylic acids is 1. The smallest absolute Gasteiger partial charge is 0.312 e. The fourth-order valence-electron chi connectivity index (χ4n) is 3.28. The lowest BCUT2D eigenvalue weighted by molar-refractivity contribution is -0.141. The zero-order chi connectivity index (χ0) is 18.7. The van der Waals surface area contributed by atoms with Crippen molar-refractivity contribution in [3.05, 3.63) is 64.2 Å². The van der Waals surface area contributed by atoms with E-state index >= 15 is 0 Å². The van der Waals surface area contributed by atoms with Gasteiger partial charge >= 0.3 is 5.97 Å². The SMILES string of the molecule is CCOc1c(Cl)cccc1CC(=O)N1Cc2ccccc2C(C(=O)O)C1. The fourth-order valence-corrected chi connectivity index (χ4v) is 3.53. The van der Waals surface area contributed by atoms with E-state index in [4.69, 9.17) is 16.3 Å². The highest BCUT2D eigenvalue weighted by Gasteiger charge is 2.32. The Balaban J connectivity index is 1.83. The number of ether oxygens (including phenoxy) is 1. The highest BCUT2D eigenvalue weighted by molar-refractivity contribution is 6.32. The molecular weight excluding hydrogens is 354 g/mol. The molecule has 1 aliphatic rings. The van der Waals surface area contributed by atoms with Crippen molar-refractivity contribution in [3.63, 3.8) is 0 Å². The van der Waals surface area contributed by atoms with Crippen LogP contribution in [0, 0.1) is 0 Å². The van der Waals surface area contributed by atoms with E-state index in [1.165, 1.54) is 0 Å². The Bertz CT molecular complexity index is 836. The molecule has 0 aromatic heterocycles. The van der Waals surface area contributed by atoms with Crippen LogP contribution in [0.4, 0.5) is 0 Å². The third-order valence-electron chi connectivity index (χ3n) is 4.52. The van der Waals surface area contributed by atoms with Gasteiger partial charge in [-0.15, -0.1) is 0 Å². The van der Waals surface area contributed by atoms with Crippen molar-refractivity contribution >= 4 is 23.5 Å². The lowest BCUT2D eigenvalue weighted by atomic mass is 9.89. The van der Waals surface area contributed by atoms with Crippen LogP contribution in [0.1, 0.15) is 29.5 Å². The number of carboxylic acid groups (broad SMARTS) is 1. The number of fused-ring (bicyclic) bond motifs is 1. The van der Waals surface area contributed by atoms with Crippen molar-refractivity contribution in [1.29, 1.82) is 0 Å². The Morgan fingerprint density at radius 3 is 2.73 bits per heavy atom. The van der Waals surface area contributed by atoms with E-state index in [0.29, 0.717) is 29.5 Å². The first-order valence-corrected chi connectivity index (χ1v) is 8.87. The second-order valence-corrected chi connectivity index (χ2v) is 6.61. The van der Waals surface area contributed by atoms with Crippen molar-refractivity contribution in [2.75, 3.05) is 13.2 Å². The highest BCUT2D eigenvalue weighted by atomic mass is 35.5. The molecule has 136 valence electrons. The van der Waals surface area contributed by atoms with E-state index in [1.54, 1.807) is 23.1 Å². The average Bonchev–Trinajstić information content (AvgIpc) is 2.63. The minimum atomic E-state index is -0.923. The van der Waals surface area contributed by atoms with Gasteiger partial charge in [0.25, 0.3) is 0 Å². The fraction of sp³-hybridized carbons (Fsp3) is 0.300. The topological polar surface area (TPSA) is 66.8 Å². The monoisotopic (exact) mass is 373 g/mol. The molecule has 1 aliphatic heterocycles. The molecule has 1 amide bonds. The molecule has 5 nitrogen and oxygen atoms in total. The Hall–Kier alpha value is -2.53. The van der Waals surface area contributed by atoms with Crippen LogP contribution in [0.2, 0.25) is 5.02 Å². The predicted octanol–water partition coefficient (Wildman–Crippen LogP) is 3.49. The van der Waals surface area contributed by atoms with Gasteiger partial charge in [-0.3, -0.25) is 9.59 Å². The van der Waals surface area contributed by atoms with Gasteiger partial charge in [-0.25, -0.2) is 0 Å². The summed E-state index contributed by atoms with van der Waals surface area (Å²) in [5.74, 6) is -1.27. The van der Waals surface area contributed by atoms with E-state index < -0.39 is 11.9 Å². The standard InChI is InChI=1S/C20H20ClNO4/c1-2-26-19-13(7-5-9-17(19)21)10-18(23)22-11-14-6-3-4-8-15(14)16(12-22)20(24)25/h3-9,16H,2,10-12H2,1H3,(H,24,25). The van der Waals surface area contributed by atoms with Gasteiger partial charge in [0.2, 0.25) is 5.91 Å². The molecule has 3 rings (SSSR count). The van der Waals surface area contributed by atoms with E-state index in [-0.39, 0.29) is 18.9 Å². The van der Waals surface area contributed by atoms with Gasteiger partial charge in [0.15, 0.2) is 0 Å².